The lowest BCUT2D eigenvalue weighted by atomic mass is 9.95. The van der Waals surface area contributed by atoms with E-state index in [-0.39, 0.29) is 12.1 Å². The smallest absolute Gasteiger partial charge is 0.0752 e. The van der Waals surface area contributed by atoms with Crippen molar-refractivity contribution in [2.75, 3.05) is 6.61 Å². The molecule has 2 heteroatoms. The summed E-state index contributed by atoms with van der Waals surface area (Å²) in [6.45, 7) is 3.04. The lowest BCUT2D eigenvalue weighted by Gasteiger charge is -2.21. The quantitative estimate of drug-likeness (QED) is 0.640. The number of hydrogen-bond donors (Lipinski definition) is 1. The van der Waals surface area contributed by atoms with Crippen LogP contribution in [0.4, 0.5) is 0 Å². The molecule has 1 rings (SSSR count). The van der Waals surface area contributed by atoms with Crippen LogP contribution in [0, 0.1) is 18.3 Å². The summed E-state index contributed by atoms with van der Waals surface area (Å²) in [5, 5.41) is 0. The molecule has 1 saturated heterocycles. The van der Waals surface area contributed by atoms with Gasteiger partial charge in [0.05, 0.1) is 6.10 Å². The maximum atomic E-state index is 5.93. The molecular weight excluding hydrogens is 150 g/mol. The standard InChI is InChI=1S/C10H17NO/c1-3-4-5-9(11)10-8(2)6-7-12-10/h1,8-10H,4-7,11H2,2H3. The number of rotatable bonds is 3. The molecular formula is C10H17NO. The molecule has 2 N–H and O–H groups in total. The van der Waals surface area contributed by atoms with E-state index in [1.165, 1.54) is 0 Å². The fourth-order valence-corrected chi connectivity index (χ4v) is 1.68. The van der Waals surface area contributed by atoms with Crippen LogP contribution in [0.5, 0.6) is 0 Å². The van der Waals surface area contributed by atoms with Crippen LogP contribution in [0.1, 0.15) is 26.2 Å². The van der Waals surface area contributed by atoms with Crippen molar-refractivity contribution < 1.29 is 4.74 Å². The highest BCUT2D eigenvalue weighted by atomic mass is 16.5. The number of hydrogen-bond acceptors (Lipinski definition) is 2. The van der Waals surface area contributed by atoms with Crippen LogP contribution in [-0.4, -0.2) is 18.8 Å². The topological polar surface area (TPSA) is 35.2 Å². The predicted molar refractivity (Wildman–Crippen MR) is 49.6 cm³/mol. The average molecular weight is 167 g/mol. The normalized spacial score (nSPS) is 31.4. The highest BCUT2D eigenvalue weighted by Crippen LogP contribution is 2.23. The Morgan fingerprint density at radius 2 is 2.50 bits per heavy atom. The third-order valence-electron chi connectivity index (χ3n) is 2.49. The van der Waals surface area contributed by atoms with Crippen LogP contribution in [0.25, 0.3) is 0 Å². The van der Waals surface area contributed by atoms with Gasteiger partial charge in [0.1, 0.15) is 0 Å². The maximum absolute atomic E-state index is 5.93. The number of terminal acetylenes is 1. The summed E-state index contributed by atoms with van der Waals surface area (Å²) in [5.41, 5.74) is 5.93. The van der Waals surface area contributed by atoms with Gasteiger partial charge in [-0.3, -0.25) is 0 Å². The molecule has 68 valence electrons. The van der Waals surface area contributed by atoms with Gasteiger partial charge in [0.25, 0.3) is 0 Å². The van der Waals surface area contributed by atoms with Crippen molar-refractivity contribution in [1.82, 2.24) is 0 Å². The first-order valence-electron chi connectivity index (χ1n) is 4.56. The van der Waals surface area contributed by atoms with E-state index in [9.17, 15) is 0 Å². The minimum Gasteiger partial charge on any atom is -0.376 e. The molecule has 12 heavy (non-hydrogen) atoms. The molecule has 2 nitrogen and oxygen atoms in total. The van der Waals surface area contributed by atoms with E-state index in [2.05, 4.69) is 12.8 Å². The molecule has 0 bridgehead atoms. The second-order valence-electron chi connectivity index (χ2n) is 3.51. The Bertz CT molecular complexity index is 173. The highest BCUT2D eigenvalue weighted by Gasteiger charge is 2.29. The first kappa shape index (κ1) is 9.57. The zero-order chi connectivity index (χ0) is 8.97. The summed E-state index contributed by atoms with van der Waals surface area (Å²) in [7, 11) is 0. The van der Waals surface area contributed by atoms with Gasteiger partial charge in [0, 0.05) is 19.1 Å². The molecule has 3 unspecified atom stereocenters. The van der Waals surface area contributed by atoms with E-state index in [0.717, 1.165) is 25.9 Å². The summed E-state index contributed by atoms with van der Waals surface area (Å²) in [4.78, 5) is 0. The molecule has 0 aromatic rings. The van der Waals surface area contributed by atoms with Gasteiger partial charge in [-0.15, -0.1) is 12.3 Å². The van der Waals surface area contributed by atoms with Gasteiger partial charge in [-0.05, 0) is 18.8 Å². The fraction of sp³-hybridized carbons (Fsp3) is 0.800. The zero-order valence-corrected chi connectivity index (χ0v) is 7.62. The third-order valence-corrected chi connectivity index (χ3v) is 2.49. The van der Waals surface area contributed by atoms with Crippen molar-refractivity contribution in [1.29, 1.82) is 0 Å². The Balaban J connectivity index is 2.31. The van der Waals surface area contributed by atoms with Crippen LogP contribution in [-0.2, 0) is 4.74 Å². The summed E-state index contributed by atoms with van der Waals surface area (Å²) < 4.78 is 5.53. The summed E-state index contributed by atoms with van der Waals surface area (Å²) >= 11 is 0. The molecule has 0 radical (unpaired) electrons. The SMILES string of the molecule is C#CCCC(N)C1OCCC1C. The molecule has 0 amide bonds. The van der Waals surface area contributed by atoms with Crippen molar-refractivity contribution in [3.05, 3.63) is 0 Å². The predicted octanol–water partition coefficient (Wildman–Crippen LogP) is 1.15. The van der Waals surface area contributed by atoms with Gasteiger partial charge in [0.2, 0.25) is 0 Å². The van der Waals surface area contributed by atoms with E-state index in [0.29, 0.717) is 5.92 Å². The van der Waals surface area contributed by atoms with Gasteiger partial charge < -0.3 is 10.5 Å². The summed E-state index contributed by atoms with van der Waals surface area (Å²) in [5.74, 6) is 3.20. The van der Waals surface area contributed by atoms with Gasteiger partial charge in [-0.2, -0.15) is 0 Å². The molecule has 1 aliphatic rings. The molecule has 0 spiro atoms. The van der Waals surface area contributed by atoms with Crippen LogP contribution >= 0.6 is 0 Å². The molecule has 0 aromatic heterocycles. The first-order chi connectivity index (χ1) is 5.75. The minimum atomic E-state index is 0.124. The number of nitrogens with two attached hydrogens (primary N) is 1. The molecule has 1 fully saturated rings. The second-order valence-corrected chi connectivity index (χ2v) is 3.51. The van der Waals surface area contributed by atoms with E-state index < -0.39 is 0 Å². The Kier molecular flexibility index (Phi) is 3.58. The van der Waals surface area contributed by atoms with Crippen LogP contribution < -0.4 is 5.73 Å². The van der Waals surface area contributed by atoms with E-state index in [1.807, 2.05) is 0 Å². The lowest BCUT2D eigenvalue weighted by Crippen LogP contribution is -2.37. The van der Waals surface area contributed by atoms with E-state index in [4.69, 9.17) is 16.9 Å². The van der Waals surface area contributed by atoms with E-state index >= 15 is 0 Å². The third kappa shape index (κ3) is 2.23. The summed E-state index contributed by atoms with van der Waals surface area (Å²) in [6, 6.07) is 0.124. The van der Waals surface area contributed by atoms with Crippen LogP contribution in [0.3, 0.4) is 0 Å². The Morgan fingerprint density at radius 1 is 1.75 bits per heavy atom. The maximum Gasteiger partial charge on any atom is 0.0752 e. The Hall–Kier alpha value is -0.520. The van der Waals surface area contributed by atoms with Crippen molar-refractivity contribution in [2.24, 2.45) is 11.7 Å². The van der Waals surface area contributed by atoms with Crippen LogP contribution in [0.15, 0.2) is 0 Å². The molecule has 0 aromatic carbocycles. The zero-order valence-electron chi connectivity index (χ0n) is 7.62. The first-order valence-corrected chi connectivity index (χ1v) is 4.56. The molecule has 1 aliphatic heterocycles. The molecule has 0 saturated carbocycles. The minimum absolute atomic E-state index is 0.124. The molecule has 0 aliphatic carbocycles. The molecule has 1 heterocycles. The number of ether oxygens (including phenoxy) is 1. The van der Waals surface area contributed by atoms with Crippen molar-refractivity contribution in [3.8, 4) is 12.3 Å². The summed E-state index contributed by atoms with van der Waals surface area (Å²) in [6.07, 6.45) is 8.17. The fourth-order valence-electron chi connectivity index (χ4n) is 1.68. The van der Waals surface area contributed by atoms with Gasteiger partial charge in [-0.1, -0.05) is 6.92 Å². The van der Waals surface area contributed by atoms with Gasteiger partial charge in [-0.25, -0.2) is 0 Å². The van der Waals surface area contributed by atoms with Crippen LogP contribution in [0.2, 0.25) is 0 Å². The average Bonchev–Trinajstić information content (AvgIpc) is 2.47. The highest BCUT2D eigenvalue weighted by molar-refractivity contribution is 4.89. The Labute approximate surface area is 74.5 Å². The van der Waals surface area contributed by atoms with Gasteiger partial charge >= 0.3 is 0 Å². The second kappa shape index (κ2) is 4.49. The monoisotopic (exact) mass is 167 g/mol. The van der Waals surface area contributed by atoms with Gasteiger partial charge in [0.15, 0.2) is 0 Å². The van der Waals surface area contributed by atoms with E-state index in [1.54, 1.807) is 0 Å². The Morgan fingerprint density at radius 3 is 3.00 bits per heavy atom. The van der Waals surface area contributed by atoms with Crippen molar-refractivity contribution in [2.45, 2.75) is 38.3 Å². The van der Waals surface area contributed by atoms with Crippen molar-refractivity contribution in [3.63, 3.8) is 0 Å². The lowest BCUT2D eigenvalue weighted by molar-refractivity contribution is 0.0706. The largest absolute Gasteiger partial charge is 0.376 e. The molecule has 3 atom stereocenters. The van der Waals surface area contributed by atoms with Crippen molar-refractivity contribution >= 4 is 0 Å².